The minimum atomic E-state index is -0.0876. The molecule has 21 heavy (non-hydrogen) atoms. The van der Waals surface area contributed by atoms with Crippen LogP contribution in [0.25, 0.3) is 10.9 Å². The Hall–Kier alpha value is -1.81. The third-order valence-electron chi connectivity index (χ3n) is 4.05. The van der Waals surface area contributed by atoms with Crippen LogP contribution >= 0.6 is 15.9 Å². The van der Waals surface area contributed by atoms with Gasteiger partial charge in [0.1, 0.15) is 0 Å². The lowest BCUT2D eigenvalue weighted by molar-refractivity contribution is -0.120. The van der Waals surface area contributed by atoms with Crippen molar-refractivity contribution in [3.8, 4) is 0 Å². The van der Waals surface area contributed by atoms with Crippen molar-refractivity contribution in [3.63, 3.8) is 0 Å². The highest BCUT2D eigenvalue weighted by molar-refractivity contribution is 9.10. The summed E-state index contributed by atoms with van der Waals surface area (Å²) in [5.74, 6) is 0. The molecule has 1 aliphatic rings. The van der Waals surface area contributed by atoms with Crippen LogP contribution in [0.1, 0.15) is 23.7 Å². The summed E-state index contributed by atoms with van der Waals surface area (Å²) in [6, 6.07) is 6.13. The van der Waals surface area contributed by atoms with Gasteiger partial charge >= 0.3 is 0 Å². The number of carbonyl (C=O) groups is 1. The molecule has 0 saturated heterocycles. The molecule has 0 fully saturated rings. The van der Waals surface area contributed by atoms with Crippen molar-refractivity contribution in [1.29, 1.82) is 0 Å². The molecule has 0 aliphatic carbocycles. The number of rotatable bonds is 4. The zero-order chi connectivity index (χ0) is 15.0. The summed E-state index contributed by atoms with van der Waals surface area (Å²) in [5, 5.41) is 1.22. The van der Waals surface area contributed by atoms with Gasteiger partial charge in [0.25, 0.3) is 0 Å². The quantitative estimate of drug-likeness (QED) is 0.657. The van der Waals surface area contributed by atoms with E-state index in [0.717, 1.165) is 40.6 Å². The van der Waals surface area contributed by atoms with Gasteiger partial charge in [-0.15, -0.1) is 6.58 Å². The van der Waals surface area contributed by atoms with Crippen molar-refractivity contribution in [2.45, 2.75) is 18.9 Å². The predicted molar refractivity (Wildman–Crippen MR) is 89.2 cm³/mol. The molecule has 1 amide bonds. The largest absolute Gasteiger partial charge is 0.356 e. The number of benzene rings is 1. The first-order valence-corrected chi connectivity index (χ1v) is 7.74. The Balaban J connectivity index is 2.17. The molecule has 2 aromatic rings. The fraction of sp³-hybridized carbons (Fsp3) is 0.235. The molecule has 108 valence electrons. The maximum absolute atomic E-state index is 11.4. The molecule has 0 radical (unpaired) electrons. The molecule has 1 aliphatic heterocycles. The van der Waals surface area contributed by atoms with Crippen molar-refractivity contribution in [3.05, 3.63) is 58.7 Å². The summed E-state index contributed by atoms with van der Waals surface area (Å²) in [6.45, 7) is 8.64. The van der Waals surface area contributed by atoms with Gasteiger partial charge in [0.05, 0.1) is 6.04 Å². The number of nitrogens with one attached hydrogen (secondary N) is 1. The lowest BCUT2D eigenvalue weighted by atomic mass is 9.92. The molecule has 1 atom stereocenters. The fourth-order valence-electron chi connectivity index (χ4n) is 3.13. The van der Waals surface area contributed by atoms with E-state index in [1.165, 1.54) is 10.9 Å². The van der Waals surface area contributed by atoms with Crippen molar-refractivity contribution in [1.82, 2.24) is 9.88 Å². The molecule has 0 bridgehead atoms. The van der Waals surface area contributed by atoms with E-state index in [1.807, 2.05) is 17.0 Å². The summed E-state index contributed by atoms with van der Waals surface area (Å²) in [7, 11) is 0. The molecule has 3 rings (SSSR count). The number of halogens is 1. The van der Waals surface area contributed by atoms with Gasteiger partial charge in [0, 0.05) is 27.6 Å². The van der Waals surface area contributed by atoms with Crippen LogP contribution < -0.4 is 0 Å². The number of allylic oxidation sites excluding steroid dienone is 1. The summed E-state index contributed by atoms with van der Waals surface area (Å²) in [6.07, 6.45) is 4.32. The Labute approximate surface area is 132 Å². The summed E-state index contributed by atoms with van der Waals surface area (Å²) < 4.78 is 1.07. The number of amides is 1. The van der Waals surface area contributed by atoms with Crippen molar-refractivity contribution >= 4 is 33.2 Å². The molecule has 0 saturated carbocycles. The Bertz CT molecular complexity index is 732. The first-order valence-electron chi connectivity index (χ1n) is 6.95. The SMILES string of the molecule is C=CCC(=C)C1c2[nH]c3ccc(Br)cc3c2CCN1C=O. The average molecular weight is 345 g/mol. The maximum atomic E-state index is 11.4. The van der Waals surface area contributed by atoms with E-state index in [4.69, 9.17) is 0 Å². The highest BCUT2D eigenvalue weighted by Gasteiger charge is 2.30. The van der Waals surface area contributed by atoms with E-state index in [-0.39, 0.29) is 6.04 Å². The molecular formula is C17H17BrN2O. The Morgan fingerprint density at radius 1 is 1.52 bits per heavy atom. The Morgan fingerprint density at radius 2 is 2.33 bits per heavy atom. The lowest BCUT2D eigenvalue weighted by Gasteiger charge is -2.34. The summed E-state index contributed by atoms with van der Waals surface area (Å²) in [4.78, 5) is 16.7. The van der Waals surface area contributed by atoms with Gasteiger partial charge in [-0.2, -0.15) is 0 Å². The number of fused-ring (bicyclic) bond motifs is 3. The first-order chi connectivity index (χ1) is 10.2. The molecule has 0 spiro atoms. The Kier molecular flexibility index (Phi) is 3.72. The smallest absolute Gasteiger partial charge is 0.210 e. The van der Waals surface area contributed by atoms with Crippen LogP contribution in [0.2, 0.25) is 0 Å². The van der Waals surface area contributed by atoms with Crippen LogP contribution in [0.3, 0.4) is 0 Å². The molecule has 1 aromatic heterocycles. The van der Waals surface area contributed by atoms with Gasteiger partial charge in [-0.25, -0.2) is 0 Å². The van der Waals surface area contributed by atoms with Gasteiger partial charge < -0.3 is 9.88 Å². The molecule has 1 N–H and O–H groups in total. The van der Waals surface area contributed by atoms with Crippen molar-refractivity contribution in [2.24, 2.45) is 0 Å². The normalized spacial score (nSPS) is 17.6. The third-order valence-corrected chi connectivity index (χ3v) is 4.55. The second-order valence-electron chi connectivity index (χ2n) is 5.35. The Morgan fingerprint density at radius 3 is 3.05 bits per heavy atom. The monoisotopic (exact) mass is 344 g/mol. The van der Waals surface area contributed by atoms with Gasteiger partial charge in [0.15, 0.2) is 0 Å². The van der Waals surface area contributed by atoms with E-state index in [1.54, 1.807) is 0 Å². The molecule has 2 heterocycles. The second-order valence-corrected chi connectivity index (χ2v) is 6.27. The summed E-state index contributed by atoms with van der Waals surface area (Å²) in [5.41, 5.74) is 4.48. The molecule has 1 unspecified atom stereocenters. The van der Waals surface area contributed by atoms with Crippen LogP contribution in [0.5, 0.6) is 0 Å². The van der Waals surface area contributed by atoms with Crippen LogP contribution in [-0.2, 0) is 11.2 Å². The highest BCUT2D eigenvalue weighted by Crippen LogP contribution is 2.38. The van der Waals surface area contributed by atoms with E-state index < -0.39 is 0 Å². The number of nitrogens with zero attached hydrogens (tertiary/aromatic N) is 1. The maximum Gasteiger partial charge on any atom is 0.210 e. The number of aromatic nitrogens is 1. The van der Waals surface area contributed by atoms with E-state index in [0.29, 0.717) is 6.42 Å². The van der Waals surface area contributed by atoms with Gasteiger partial charge in [-0.1, -0.05) is 28.6 Å². The van der Waals surface area contributed by atoms with Crippen molar-refractivity contribution in [2.75, 3.05) is 6.54 Å². The van der Waals surface area contributed by atoms with Crippen LogP contribution in [0, 0.1) is 0 Å². The fourth-order valence-corrected chi connectivity index (χ4v) is 3.49. The van der Waals surface area contributed by atoms with Crippen LogP contribution in [-0.4, -0.2) is 22.8 Å². The van der Waals surface area contributed by atoms with Crippen LogP contribution in [0.4, 0.5) is 0 Å². The zero-order valence-electron chi connectivity index (χ0n) is 11.7. The topological polar surface area (TPSA) is 36.1 Å². The number of aromatic amines is 1. The van der Waals surface area contributed by atoms with Gasteiger partial charge in [0.2, 0.25) is 6.41 Å². The standard InChI is InChI=1S/C17H17BrN2O/c1-3-4-11(2)17-16-13(7-8-20(17)10-21)14-9-12(18)5-6-15(14)19-16/h3,5-6,9-10,17,19H,1-2,4,7-8H2. The number of carbonyl (C=O) groups excluding carboxylic acids is 1. The molecule has 1 aromatic carbocycles. The van der Waals surface area contributed by atoms with E-state index in [9.17, 15) is 4.79 Å². The zero-order valence-corrected chi connectivity index (χ0v) is 13.3. The highest BCUT2D eigenvalue weighted by atomic mass is 79.9. The molecular weight excluding hydrogens is 328 g/mol. The minimum absolute atomic E-state index is 0.0876. The first kappa shape index (κ1) is 14.1. The van der Waals surface area contributed by atoms with Crippen LogP contribution in [0.15, 0.2) is 47.5 Å². The number of H-pyrrole nitrogens is 1. The van der Waals surface area contributed by atoms with Gasteiger partial charge in [-0.05, 0) is 42.2 Å². The third kappa shape index (κ3) is 2.33. The minimum Gasteiger partial charge on any atom is -0.356 e. The number of hydrogen-bond acceptors (Lipinski definition) is 1. The van der Waals surface area contributed by atoms with E-state index >= 15 is 0 Å². The second kappa shape index (κ2) is 5.53. The predicted octanol–water partition coefficient (Wildman–Crippen LogP) is 4.12. The molecule has 4 heteroatoms. The molecule has 3 nitrogen and oxygen atoms in total. The van der Waals surface area contributed by atoms with E-state index in [2.05, 4.69) is 46.2 Å². The van der Waals surface area contributed by atoms with Crippen molar-refractivity contribution < 1.29 is 4.79 Å². The number of hydrogen-bond donors (Lipinski definition) is 1. The lowest BCUT2D eigenvalue weighted by Crippen LogP contribution is -2.35. The summed E-state index contributed by atoms with van der Waals surface area (Å²) >= 11 is 3.53. The average Bonchev–Trinajstić information content (AvgIpc) is 2.84. The van der Waals surface area contributed by atoms with Gasteiger partial charge in [-0.3, -0.25) is 4.79 Å².